The molecule has 0 unspecified atom stereocenters. The molecule has 0 bridgehead atoms. The van der Waals surface area contributed by atoms with Crippen LogP contribution in [0.5, 0.6) is 0 Å². The zero-order chi connectivity index (χ0) is 23.0. The van der Waals surface area contributed by atoms with Crippen LogP contribution in [-0.2, 0) is 17.1 Å². The Morgan fingerprint density at radius 2 is 1.88 bits per heavy atom. The number of amides is 2. The fourth-order valence-electron chi connectivity index (χ4n) is 2.95. The van der Waals surface area contributed by atoms with Gasteiger partial charge in [-0.25, -0.2) is 0 Å². The molecule has 0 atom stereocenters. The van der Waals surface area contributed by atoms with Crippen LogP contribution in [0.2, 0.25) is 0 Å². The minimum atomic E-state index is -0.151. The van der Waals surface area contributed by atoms with Crippen LogP contribution in [0.15, 0.2) is 75.7 Å². The number of benzene rings is 2. The number of rotatable bonds is 9. The van der Waals surface area contributed by atoms with E-state index in [1.165, 1.54) is 18.3 Å². The van der Waals surface area contributed by atoms with E-state index in [-0.39, 0.29) is 11.8 Å². The molecular formula is C23H21N5O3S2. The number of nitrogens with zero attached hydrogens (tertiary/aromatic N) is 2. The second-order valence-electron chi connectivity index (χ2n) is 7.01. The number of nitrogens with one attached hydrogen (secondary N) is 3. The van der Waals surface area contributed by atoms with Gasteiger partial charge < -0.3 is 20.4 Å². The van der Waals surface area contributed by atoms with Gasteiger partial charge in [-0.1, -0.05) is 41.3 Å². The minimum Gasteiger partial charge on any atom is -0.467 e. The van der Waals surface area contributed by atoms with Crippen LogP contribution in [0.25, 0.3) is 0 Å². The van der Waals surface area contributed by atoms with Crippen molar-refractivity contribution < 1.29 is 14.0 Å². The maximum absolute atomic E-state index is 12.4. The summed E-state index contributed by atoms with van der Waals surface area (Å²) in [6, 6.07) is 18.5. The molecule has 0 saturated carbocycles. The highest BCUT2D eigenvalue weighted by Gasteiger charge is 2.10. The highest BCUT2D eigenvalue weighted by Crippen LogP contribution is 2.30. The molecule has 0 saturated heterocycles. The molecule has 0 fully saturated rings. The lowest BCUT2D eigenvalue weighted by molar-refractivity contribution is -0.114. The van der Waals surface area contributed by atoms with Crippen molar-refractivity contribution in [1.82, 2.24) is 15.5 Å². The van der Waals surface area contributed by atoms with E-state index in [1.54, 1.807) is 30.2 Å². The van der Waals surface area contributed by atoms with Crippen molar-refractivity contribution in [2.45, 2.75) is 23.6 Å². The molecule has 10 heteroatoms. The minimum absolute atomic E-state index is 0.124. The molecule has 2 aromatic heterocycles. The predicted molar refractivity (Wildman–Crippen MR) is 130 cm³/mol. The smallest absolute Gasteiger partial charge is 0.251 e. The first-order valence-electron chi connectivity index (χ1n) is 10.1. The second kappa shape index (κ2) is 10.8. The Kier molecular flexibility index (Phi) is 7.38. The van der Waals surface area contributed by atoms with Gasteiger partial charge in [-0.15, -0.1) is 10.2 Å². The zero-order valence-electron chi connectivity index (χ0n) is 17.7. The van der Waals surface area contributed by atoms with E-state index in [2.05, 4.69) is 26.1 Å². The maximum atomic E-state index is 12.4. The van der Waals surface area contributed by atoms with Gasteiger partial charge in [0.15, 0.2) is 4.34 Å². The molecule has 0 aliphatic heterocycles. The van der Waals surface area contributed by atoms with Gasteiger partial charge in [-0.3, -0.25) is 9.59 Å². The van der Waals surface area contributed by atoms with Crippen LogP contribution in [0.3, 0.4) is 0 Å². The van der Waals surface area contributed by atoms with Crippen molar-refractivity contribution in [1.29, 1.82) is 0 Å². The fourth-order valence-corrected chi connectivity index (χ4v) is 4.67. The van der Waals surface area contributed by atoms with Crippen LogP contribution >= 0.6 is 23.1 Å². The molecule has 2 aromatic carbocycles. The van der Waals surface area contributed by atoms with E-state index in [0.717, 1.165) is 15.6 Å². The van der Waals surface area contributed by atoms with Gasteiger partial charge in [0, 0.05) is 29.6 Å². The van der Waals surface area contributed by atoms with Gasteiger partial charge in [-0.05, 0) is 48.0 Å². The summed E-state index contributed by atoms with van der Waals surface area (Å²) in [4.78, 5) is 23.6. The van der Waals surface area contributed by atoms with Crippen LogP contribution in [0.1, 0.15) is 28.6 Å². The molecular weight excluding hydrogens is 458 g/mol. The molecule has 0 aliphatic rings. The van der Waals surface area contributed by atoms with Crippen molar-refractivity contribution in [3.05, 3.63) is 83.8 Å². The number of carbonyl (C=O) groups is 2. The number of aromatic nitrogens is 2. The van der Waals surface area contributed by atoms with E-state index in [4.69, 9.17) is 4.42 Å². The molecule has 0 radical (unpaired) electrons. The zero-order valence-corrected chi connectivity index (χ0v) is 19.3. The molecule has 4 rings (SSSR count). The number of thioether (sulfide) groups is 1. The van der Waals surface area contributed by atoms with Crippen molar-refractivity contribution in [2.75, 3.05) is 10.6 Å². The molecule has 3 N–H and O–H groups in total. The predicted octanol–water partition coefficient (Wildman–Crippen LogP) is 5.06. The standard InChI is InChI=1S/C23H21N5O3S2/c1-15(29)25-18-7-3-8-19(12-18)26-22-27-28-23(33-22)32-14-16-5-2-6-17(11-16)21(30)24-13-20-9-4-10-31-20/h2-12H,13-14H2,1H3,(H,24,30)(H,25,29)(H,26,27). The lowest BCUT2D eigenvalue weighted by Crippen LogP contribution is -2.22. The Balaban J connectivity index is 1.31. The highest BCUT2D eigenvalue weighted by molar-refractivity contribution is 8.00. The Morgan fingerprint density at radius 1 is 1.03 bits per heavy atom. The van der Waals surface area contributed by atoms with Gasteiger partial charge in [-0.2, -0.15) is 0 Å². The summed E-state index contributed by atoms with van der Waals surface area (Å²) in [5.74, 6) is 1.09. The van der Waals surface area contributed by atoms with E-state index < -0.39 is 0 Å². The average molecular weight is 480 g/mol. The van der Waals surface area contributed by atoms with Gasteiger partial charge in [0.05, 0.1) is 12.8 Å². The number of hydrogen-bond acceptors (Lipinski definition) is 8. The highest BCUT2D eigenvalue weighted by atomic mass is 32.2. The van der Waals surface area contributed by atoms with Crippen LogP contribution in [-0.4, -0.2) is 22.0 Å². The van der Waals surface area contributed by atoms with E-state index in [1.807, 2.05) is 48.5 Å². The summed E-state index contributed by atoms with van der Waals surface area (Å²) < 4.78 is 6.05. The second-order valence-corrected chi connectivity index (χ2v) is 9.21. The Labute approximate surface area is 198 Å². The molecule has 2 heterocycles. The van der Waals surface area contributed by atoms with Gasteiger partial charge in [0.25, 0.3) is 5.91 Å². The van der Waals surface area contributed by atoms with Gasteiger partial charge in [0.1, 0.15) is 5.76 Å². The molecule has 168 valence electrons. The topological polar surface area (TPSA) is 109 Å². The summed E-state index contributed by atoms with van der Waals surface area (Å²) in [6.45, 7) is 1.82. The summed E-state index contributed by atoms with van der Waals surface area (Å²) >= 11 is 2.99. The van der Waals surface area contributed by atoms with Crippen molar-refractivity contribution in [3.63, 3.8) is 0 Å². The third kappa shape index (κ3) is 6.67. The maximum Gasteiger partial charge on any atom is 0.251 e. The molecule has 0 aliphatic carbocycles. The van der Waals surface area contributed by atoms with E-state index in [9.17, 15) is 9.59 Å². The SMILES string of the molecule is CC(=O)Nc1cccc(Nc2nnc(SCc3cccc(C(=O)NCc4ccco4)c3)s2)c1. The molecule has 33 heavy (non-hydrogen) atoms. The van der Waals surface area contributed by atoms with Crippen LogP contribution in [0.4, 0.5) is 16.5 Å². The number of anilines is 3. The first-order chi connectivity index (χ1) is 16.0. The van der Waals surface area contributed by atoms with Crippen LogP contribution in [0, 0.1) is 0 Å². The lowest BCUT2D eigenvalue weighted by Gasteiger charge is -2.06. The Morgan fingerprint density at radius 3 is 2.70 bits per heavy atom. The van der Waals surface area contributed by atoms with Crippen molar-refractivity contribution >= 4 is 51.4 Å². The molecule has 4 aromatic rings. The quantitative estimate of drug-likeness (QED) is 0.288. The fraction of sp³-hybridized carbons (Fsp3) is 0.130. The molecule has 0 spiro atoms. The summed E-state index contributed by atoms with van der Waals surface area (Å²) in [5.41, 5.74) is 3.12. The normalized spacial score (nSPS) is 10.6. The molecule has 8 nitrogen and oxygen atoms in total. The largest absolute Gasteiger partial charge is 0.467 e. The van der Waals surface area contributed by atoms with Crippen molar-refractivity contribution in [3.8, 4) is 0 Å². The van der Waals surface area contributed by atoms with E-state index in [0.29, 0.717) is 34.4 Å². The number of hydrogen-bond donors (Lipinski definition) is 3. The summed E-state index contributed by atoms with van der Waals surface area (Å²) in [5, 5.41) is 17.9. The van der Waals surface area contributed by atoms with E-state index >= 15 is 0 Å². The first kappa shape index (κ1) is 22.6. The molecule has 2 amide bonds. The lowest BCUT2D eigenvalue weighted by atomic mass is 10.1. The third-order valence-electron chi connectivity index (χ3n) is 4.40. The Bertz CT molecular complexity index is 1240. The number of furan rings is 1. The van der Waals surface area contributed by atoms with Crippen molar-refractivity contribution in [2.24, 2.45) is 0 Å². The summed E-state index contributed by atoms with van der Waals surface area (Å²) in [6.07, 6.45) is 1.58. The Hall–Kier alpha value is -3.63. The first-order valence-corrected chi connectivity index (χ1v) is 11.9. The van der Waals surface area contributed by atoms with Crippen LogP contribution < -0.4 is 16.0 Å². The average Bonchev–Trinajstić information content (AvgIpc) is 3.48. The monoisotopic (exact) mass is 479 g/mol. The third-order valence-corrected chi connectivity index (χ3v) is 6.44. The van der Waals surface area contributed by atoms with Gasteiger partial charge >= 0.3 is 0 Å². The van der Waals surface area contributed by atoms with Gasteiger partial charge in [0.2, 0.25) is 11.0 Å². The number of carbonyl (C=O) groups excluding carboxylic acids is 2. The summed E-state index contributed by atoms with van der Waals surface area (Å²) in [7, 11) is 0.